The van der Waals surface area contributed by atoms with E-state index in [1.54, 1.807) is 6.20 Å². The van der Waals surface area contributed by atoms with Crippen molar-refractivity contribution in [1.82, 2.24) is 14.7 Å². The third-order valence-electron chi connectivity index (χ3n) is 3.68. The zero-order valence-corrected chi connectivity index (χ0v) is 14.1. The number of fused-ring (bicyclic) bond motifs is 1. The number of aromatic nitrogens is 2. The molecule has 0 bridgehead atoms. The molecule has 2 rings (SSSR count). The lowest BCUT2D eigenvalue weighted by molar-refractivity contribution is 0.164. The van der Waals surface area contributed by atoms with Crippen LogP contribution in [0.3, 0.4) is 0 Å². The van der Waals surface area contributed by atoms with Crippen molar-refractivity contribution in [1.29, 1.82) is 0 Å². The smallest absolute Gasteiger partial charge is 0.318 e. The zero-order chi connectivity index (χ0) is 16.4. The fraction of sp³-hybridized carbons (Fsp3) is 0.444. The number of amides is 1. The molecule has 1 amide bonds. The first-order valence-electron chi connectivity index (χ1n) is 7.75. The Balaban J connectivity index is 2.56. The molecule has 22 heavy (non-hydrogen) atoms. The number of nitrogens with zero attached hydrogens (tertiary/aromatic N) is 3. The molecule has 0 saturated heterocycles. The molecular formula is C18H25N3O. The number of carbonyl (C=O) groups excluding carboxylic acids is 1. The van der Waals surface area contributed by atoms with Gasteiger partial charge in [0.2, 0.25) is 0 Å². The van der Waals surface area contributed by atoms with Crippen molar-refractivity contribution >= 4 is 16.9 Å². The van der Waals surface area contributed by atoms with Crippen LogP contribution in [0.1, 0.15) is 40.2 Å². The van der Waals surface area contributed by atoms with Crippen LogP contribution in [0, 0.1) is 0 Å². The Morgan fingerprint density at radius 2 is 1.91 bits per heavy atom. The minimum Gasteiger partial charge on any atom is -0.318 e. The van der Waals surface area contributed by atoms with Crippen molar-refractivity contribution in [3.05, 3.63) is 42.1 Å². The summed E-state index contributed by atoms with van der Waals surface area (Å²) in [5.41, 5.74) is 3.04. The van der Waals surface area contributed by atoms with Gasteiger partial charge in [0.25, 0.3) is 0 Å². The van der Waals surface area contributed by atoms with Gasteiger partial charge in [-0.05, 0) is 46.6 Å². The minimum atomic E-state index is -0.0748. The molecule has 1 aromatic heterocycles. The highest BCUT2D eigenvalue weighted by Gasteiger charge is 2.24. The summed E-state index contributed by atoms with van der Waals surface area (Å²) < 4.78 is 1.54. The van der Waals surface area contributed by atoms with Crippen molar-refractivity contribution in [2.75, 3.05) is 0 Å². The highest BCUT2D eigenvalue weighted by atomic mass is 16.2. The van der Waals surface area contributed by atoms with E-state index in [4.69, 9.17) is 0 Å². The molecule has 1 aromatic carbocycles. The fourth-order valence-corrected chi connectivity index (χ4v) is 2.91. The van der Waals surface area contributed by atoms with Gasteiger partial charge in [0.15, 0.2) is 0 Å². The van der Waals surface area contributed by atoms with E-state index >= 15 is 0 Å². The second-order valence-corrected chi connectivity index (χ2v) is 6.42. The number of allylic oxidation sites excluding steroid dienone is 1. The maximum atomic E-state index is 12.9. The maximum absolute atomic E-state index is 12.9. The lowest BCUT2D eigenvalue weighted by atomic mass is 10.0. The van der Waals surface area contributed by atoms with Gasteiger partial charge in [-0.3, -0.25) is 0 Å². The number of rotatable bonds is 4. The largest absolute Gasteiger partial charge is 0.345 e. The third kappa shape index (κ3) is 3.06. The predicted octanol–water partition coefficient (Wildman–Crippen LogP) is 4.24. The van der Waals surface area contributed by atoms with Gasteiger partial charge in [0.05, 0.1) is 11.7 Å². The van der Waals surface area contributed by atoms with Crippen LogP contribution < -0.4 is 0 Å². The summed E-state index contributed by atoms with van der Waals surface area (Å²) in [6.45, 7) is 14.1. The molecule has 0 aliphatic carbocycles. The summed E-state index contributed by atoms with van der Waals surface area (Å²) in [5.74, 6) is 0. The van der Waals surface area contributed by atoms with Crippen molar-refractivity contribution in [3.63, 3.8) is 0 Å². The highest BCUT2D eigenvalue weighted by molar-refractivity contribution is 5.92. The molecule has 0 N–H and O–H groups in total. The molecule has 4 nitrogen and oxygen atoms in total. The van der Waals surface area contributed by atoms with E-state index in [1.165, 1.54) is 4.68 Å². The molecule has 0 spiro atoms. The van der Waals surface area contributed by atoms with Gasteiger partial charge in [-0.2, -0.15) is 9.78 Å². The Bertz CT molecular complexity index is 689. The summed E-state index contributed by atoms with van der Waals surface area (Å²) in [7, 11) is 0. The van der Waals surface area contributed by atoms with E-state index in [0.717, 1.165) is 28.5 Å². The molecule has 1 heterocycles. The van der Waals surface area contributed by atoms with Crippen LogP contribution in [0.5, 0.6) is 0 Å². The van der Waals surface area contributed by atoms with E-state index in [9.17, 15) is 4.79 Å². The summed E-state index contributed by atoms with van der Waals surface area (Å²) in [5, 5.41) is 5.33. The Kier molecular flexibility index (Phi) is 4.69. The van der Waals surface area contributed by atoms with Crippen molar-refractivity contribution in [2.24, 2.45) is 0 Å². The first-order valence-corrected chi connectivity index (χ1v) is 7.75. The van der Waals surface area contributed by atoms with Crippen LogP contribution >= 0.6 is 0 Å². The fourth-order valence-electron chi connectivity index (χ4n) is 2.91. The number of benzene rings is 1. The van der Waals surface area contributed by atoms with Crippen molar-refractivity contribution in [2.45, 2.75) is 53.1 Å². The van der Waals surface area contributed by atoms with Crippen LogP contribution in [-0.4, -0.2) is 32.8 Å². The van der Waals surface area contributed by atoms with Gasteiger partial charge in [0, 0.05) is 17.5 Å². The van der Waals surface area contributed by atoms with E-state index in [2.05, 4.69) is 11.7 Å². The Morgan fingerprint density at radius 1 is 1.27 bits per heavy atom. The van der Waals surface area contributed by atoms with Gasteiger partial charge >= 0.3 is 6.03 Å². The monoisotopic (exact) mass is 299 g/mol. The zero-order valence-electron chi connectivity index (χ0n) is 14.1. The molecule has 2 aromatic rings. The molecule has 0 unspecified atom stereocenters. The molecule has 0 aliphatic heterocycles. The first kappa shape index (κ1) is 16.3. The van der Waals surface area contributed by atoms with E-state index in [-0.39, 0.29) is 18.1 Å². The lowest BCUT2D eigenvalue weighted by Crippen LogP contribution is -2.44. The molecule has 0 aliphatic rings. The van der Waals surface area contributed by atoms with Crippen LogP contribution in [0.25, 0.3) is 10.9 Å². The molecule has 118 valence electrons. The SMILES string of the molecule is C=C(C)Cc1cccc2cnn(C(=O)N(C(C)C)C(C)C)c12. The van der Waals surface area contributed by atoms with Gasteiger partial charge in [-0.1, -0.05) is 30.4 Å². The Labute approximate surface area is 132 Å². The summed E-state index contributed by atoms with van der Waals surface area (Å²) in [4.78, 5) is 14.8. The van der Waals surface area contributed by atoms with Crippen molar-refractivity contribution < 1.29 is 4.79 Å². The standard InChI is InChI=1S/C18H25N3O/c1-12(2)10-15-8-7-9-16-11-19-21(17(15)16)18(22)20(13(3)4)14(5)6/h7-9,11,13-14H,1,10H2,2-6H3. The van der Waals surface area contributed by atoms with Gasteiger partial charge in [-0.15, -0.1) is 0 Å². The van der Waals surface area contributed by atoms with Crippen LogP contribution in [0.4, 0.5) is 4.79 Å². The van der Waals surface area contributed by atoms with Crippen LogP contribution in [-0.2, 0) is 6.42 Å². The highest BCUT2D eigenvalue weighted by Crippen LogP contribution is 2.22. The summed E-state index contributed by atoms with van der Waals surface area (Å²) in [6, 6.07) is 6.20. The van der Waals surface area contributed by atoms with Gasteiger partial charge in [0.1, 0.15) is 0 Å². The summed E-state index contributed by atoms with van der Waals surface area (Å²) >= 11 is 0. The number of carbonyl (C=O) groups is 1. The minimum absolute atomic E-state index is 0.0748. The van der Waals surface area contributed by atoms with Crippen LogP contribution in [0.15, 0.2) is 36.5 Å². The van der Waals surface area contributed by atoms with Crippen LogP contribution in [0.2, 0.25) is 0 Å². The molecule has 0 saturated carbocycles. The van der Waals surface area contributed by atoms with Crippen molar-refractivity contribution in [3.8, 4) is 0 Å². The van der Waals surface area contributed by atoms with E-state index in [1.807, 2.05) is 57.7 Å². The van der Waals surface area contributed by atoms with E-state index in [0.29, 0.717) is 0 Å². The Hall–Kier alpha value is -2.10. The second-order valence-electron chi connectivity index (χ2n) is 6.42. The molecule has 4 heteroatoms. The quantitative estimate of drug-likeness (QED) is 0.792. The van der Waals surface area contributed by atoms with E-state index < -0.39 is 0 Å². The lowest BCUT2D eigenvalue weighted by Gasteiger charge is -2.30. The Morgan fingerprint density at radius 3 is 2.45 bits per heavy atom. The first-order chi connectivity index (χ1) is 10.3. The molecule has 0 atom stereocenters. The maximum Gasteiger partial charge on any atom is 0.345 e. The number of para-hydroxylation sites is 1. The van der Waals surface area contributed by atoms with Gasteiger partial charge < -0.3 is 4.90 Å². The number of hydrogen-bond acceptors (Lipinski definition) is 2. The third-order valence-corrected chi connectivity index (χ3v) is 3.68. The van der Waals surface area contributed by atoms with Gasteiger partial charge in [-0.25, -0.2) is 4.79 Å². The molecule has 0 radical (unpaired) electrons. The average Bonchev–Trinajstić information content (AvgIpc) is 2.82. The predicted molar refractivity (Wildman–Crippen MR) is 91.2 cm³/mol. The molecular weight excluding hydrogens is 274 g/mol. The number of hydrogen-bond donors (Lipinski definition) is 0. The summed E-state index contributed by atoms with van der Waals surface area (Å²) in [6.07, 6.45) is 2.51. The second kappa shape index (κ2) is 6.34. The topological polar surface area (TPSA) is 38.1 Å². The average molecular weight is 299 g/mol. The molecule has 0 fully saturated rings. The normalized spacial score (nSPS) is 11.4.